The molecule has 3 heterocycles. The van der Waals surface area contributed by atoms with Gasteiger partial charge in [0.2, 0.25) is 18.2 Å². The summed E-state index contributed by atoms with van der Waals surface area (Å²) in [6.45, 7) is 0.0138. The summed E-state index contributed by atoms with van der Waals surface area (Å²) in [4.78, 5) is 63.3. The third kappa shape index (κ3) is 7.77. The largest absolute Gasteiger partial charge is 0.543 e. The fourth-order valence-corrected chi connectivity index (χ4v) is 7.71. The quantitative estimate of drug-likeness (QED) is 0.118. The van der Waals surface area contributed by atoms with E-state index in [4.69, 9.17) is 23.2 Å². The Balaban J connectivity index is 1.33. The van der Waals surface area contributed by atoms with Crippen LogP contribution in [0.25, 0.3) is 0 Å². The highest BCUT2D eigenvalue weighted by molar-refractivity contribution is 8.01. The van der Waals surface area contributed by atoms with Crippen LogP contribution in [0.2, 0.25) is 10.0 Å². The molecule has 0 saturated carbocycles. The molecule has 1 aromatic heterocycles. The monoisotopic (exact) mass is 655 g/mol. The molecule has 10 nitrogen and oxygen atoms in total. The summed E-state index contributed by atoms with van der Waals surface area (Å²) < 4.78 is 6.12. The summed E-state index contributed by atoms with van der Waals surface area (Å²) >= 11 is 16.0. The molecule has 0 bridgehead atoms. The molecule has 1 N–H and O–H groups in total. The Labute approximate surface area is 258 Å². The van der Waals surface area contributed by atoms with Gasteiger partial charge in [-0.3, -0.25) is 24.1 Å². The molecule has 4 rings (SSSR count). The van der Waals surface area contributed by atoms with E-state index >= 15 is 0 Å². The molecule has 2 aliphatic rings. The molecule has 0 spiro atoms. The number of aliphatic carboxylic acids is 1. The van der Waals surface area contributed by atoms with Gasteiger partial charge in [-0.1, -0.05) is 23.2 Å². The maximum atomic E-state index is 12.9. The first-order valence-corrected chi connectivity index (χ1v) is 15.8. The zero-order valence-corrected chi connectivity index (χ0v) is 25.4. The number of pyridine rings is 1. The minimum atomic E-state index is -1.45. The number of ether oxygens (including phenoxy) is 1. The summed E-state index contributed by atoms with van der Waals surface area (Å²) in [5.41, 5.74) is 0.363. The van der Waals surface area contributed by atoms with Crippen molar-refractivity contribution in [3.8, 4) is 0 Å². The van der Waals surface area contributed by atoms with Gasteiger partial charge in [-0.05, 0) is 23.8 Å². The Morgan fingerprint density at radius 1 is 1.17 bits per heavy atom. The molecule has 0 aliphatic carbocycles. The van der Waals surface area contributed by atoms with Crippen molar-refractivity contribution in [2.45, 2.75) is 34.2 Å². The predicted octanol–water partition coefficient (Wildman–Crippen LogP) is 1.70. The van der Waals surface area contributed by atoms with Crippen LogP contribution in [0.1, 0.15) is 6.42 Å². The summed E-state index contributed by atoms with van der Waals surface area (Å²) in [6.07, 6.45) is 3.06. The van der Waals surface area contributed by atoms with Crippen molar-refractivity contribution in [3.63, 3.8) is 0 Å². The van der Waals surface area contributed by atoms with Crippen molar-refractivity contribution < 1.29 is 38.4 Å². The van der Waals surface area contributed by atoms with Crippen LogP contribution in [0.3, 0.4) is 0 Å². The summed E-state index contributed by atoms with van der Waals surface area (Å²) in [5.74, 6) is -2.60. The number of thioether (sulfide) groups is 3. The molecular weight excluding hydrogens is 633 g/mol. The average Bonchev–Trinajstić information content (AvgIpc) is 2.95. The van der Waals surface area contributed by atoms with Crippen LogP contribution in [0.5, 0.6) is 0 Å². The molecule has 0 unspecified atom stereocenters. The topological polar surface area (TPSA) is 137 Å². The van der Waals surface area contributed by atoms with Crippen molar-refractivity contribution in [3.05, 3.63) is 64.0 Å². The minimum absolute atomic E-state index is 0.00279. The number of fused-ring (bicyclic) bond motifs is 1. The molecule has 1 aromatic carbocycles. The number of rotatable bonds is 12. The highest BCUT2D eigenvalue weighted by atomic mass is 35.5. The van der Waals surface area contributed by atoms with Gasteiger partial charge < -0.3 is 20.0 Å². The average molecular weight is 657 g/mol. The SMILES string of the molecule is COC(=O)CC(=O)C[n+]1ccc(SCC2=C(C(=O)[O-])N3C(=O)[C@@H](NC(=O)CSc4cc(Cl)ccc4Cl)[C@H]3SC2)cc1. The highest BCUT2D eigenvalue weighted by Gasteiger charge is 2.52. The van der Waals surface area contributed by atoms with E-state index in [1.807, 2.05) is 0 Å². The molecular formula is C26H23Cl2N3O7S3. The van der Waals surface area contributed by atoms with Crippen LogP contribution in [0, 0.1) is 0 Å². The van der Waals surface area contributed by atoms with Gasteiger partial charge in [0.05, 0.1) is 29.6 Å². The van der Waals surface area contributed by atoms with Crippen LogP contribution < -0.4 is 15.0 Å². The number of methoxy groups -OCH3 is 1. The fraction of sp³-hybridized carbons (Fsp3) is 0.308. The smallest absolute Gasteiger partial charge is 0.313 e. The number of aromatic nitrogens is 1. The Bertz CT molecular complexity index is 1420. The number of halogens is 2. The van der Waals surface area contributed by atoms with Gasteiger partial charge in [-0.25, -0.2) is 0 Å². The number of carbonyl (C=O) groups excluding carboxylic acids is 5. The molecule has 15 heteroatoms. The van der Waals surface area contributed by atoms with Crippen LogP contribution in [0.15, 0.2) is 63.8 Å². The van der Waals surface area contributed by atoms with E-state index in [9.17, 15) is 29.1 Å². The van der Waals surface area contributed by atoms with Crippen molar-refractivity contribution in [1.29, 1.82) is 0 Å². The molecule has 1 saturated heterocycles. The van der Waals surface area contributed by atoms with Crippen molar-refractivity contribution >= 4 is 88.0 Å². The second-order valence-electron chi connectivity index (χ2n) is 8.84. The fourth-order valence-electron chi connectivity index (χ4n) is 4.04. The zero-order chi connectivity index (χ0) is 29.7. The Hall–Kier alpha value is -2.71. The third-order valence-corrected chi connectivity index (χ3v) is 10.2. The first kappa shape index (κ1) is 31.2. The number of ketones is 1. The normalized spacial score (nSPS) is 17.9. The first-order chi connectivity index (χ1) is 19.6. The molecule has 216 valence electrons. The van der Waals surface area contributed by atoms with E-state index in [1.165, 1.54) is 47.3 Å². The number of benzene rings is 1. The van der Waals surface area contributed by atoms with Crippen LogP contribution in [0.4, 0.5) is 0 Å². The molecule has 2 amide bonds. The predicted molar refractivity (Wildman–Crippen MR) is 153 cm³/mol. The number of β-lactam (4-membered cyclic amide) rings is 1. The van der Waals surface area contributed by atoms with E-state index in [0.717, 1.165) is 4.90 Å². The van der Waals surface area contributed by atoms with Gasteiger partial charge in [0.15, 0.2) is 12.4 Å². The number of nitrogens with one attached hydrogen (secondary N) is 1. The number of carboxylic acid groups (broad SMARTS) is 1. The highest BCUT2D eigenvalue weighted by Crippen LogP contribution is 2.41. The number of amides is 2. The molecule has 0 radical (unpaired) electrons. The Morgan fingerprint density at radius 2 is 1.90 bits per heavy atom. The van der Waals surface area contributed by atoms with E-state index < -0.39 is 35.2 Å². The number of carbonyl (C=O) groups is 5. The number of hydrogen-bond donors (Lipinski definition) is 1. The van der Waals surface area contributed by atoms with Gasteiger partial charge in [-0.15, -0.1) is 35.3 Å². The second-order valence-corrected chi connectivity index (χ2v) is 12.9. The first-order valence-electron chi connectivity index (χ1n) is 12.0. The maximum absolute atomic E-state index is 12.9. The molecule has 2 aliphatic heterocycles. The maximum Gasteiger partial charge on any atom is 0.313 e. The number of hydrogen-bond acceptors (Lipinski definition) is 10. The van der Waals surface area contributed by atoms with E-state index in [2.05, 4.69) is 10.1 Å². The van der Waals surface area contributed by atoms with E-state index in [-0.39, 0.29) is 30.2 Å². The van der Waals surface area contributed by atoms with Crippen molar-refractivity contribution in [2.75, 3.05) is 24.4 Å². The van der Waals surface area contributed by atoms with E-state index in [0.29, 0.717) is 32.0 Å². The van der Waals surface area contributed by atoms with Gasteiger partial charge in [0.1, 0.15) is 17.8 Å². The van der Waals surface area contributed by atoms with Crippen molar-refractivity contribution in [1.82, 2.24) is 10.2 Å². The lowest BCUT2D eigenvalue weighted by atomic mass is 10.0. The van der Waals surface area contributed by atoms with Gasteiger partial charge in [-0.2, -0.15) is 4.57 Å². The Morgan fingerprint density at radius 3 is 2.59 bits per heavy atom. The summed E-state index contributed by atoms with van der Waals surface area (Å²) in [6, 6.07) is 7.60. The van der Waals surface area contributed by atoms with Crippen LogP contribution >= 0.6 is 58.5 Å². The van der Waals surface area contributed by atoms with E-state index in [1.54, 1.807) is 47.3 Å². The van der Waals surface area contributed by atoms with Crippen LogP contribution in [-0.2, 0) is 35.3 Å². The Kier molecular flexibility index (Phi) is 10.6. The molecule has 2 atom stereocenters. The van der Waals surface area contributed by atoms with Gasteiger partial charge in [0.25, 0.3) is 5.91 Å². The second kappa shape index (κ2) is 14.0. The van der Waals surface area contributed by atoms with Gasteiger partial charge >= 0.3 is 5.97 Å². The number of esters is 1. The third-order valence-electron chi connectivity index (χ3n) is 6.01. The van der Waals surface area contributed by atoms with Crippen LogP contribution in [-0.4, -0.2) is 70.2 Å². The lowest BCUT2D eigenvalue weighted by molar-refractivity contribution is -0.684. The number of nitrogens with zero attached hydrogens (tertiary/aromatic N) is 2. The van der Waals surface area contributed by atoms with Crippen molar-refractivity contribution in [2.24, 2.45) is 0 Å². The summed E-state index contributed by atoms with van der Waals surface area (Å²) in [7, 11) is 1.22. The molecule has 2 aromatic rings. The lowest BCUT2D eigenvalue weighted by Crippen LogP contribution is -2.71. The summed E-state index contributed by atoms with van der Waals surface area (Å²) in [5, 5.41) is 15.1. The minimum Gasteiger partial charge on any atom is -0.543 e. The van der Waals surface area contributed by atoms with Gasteiger partial charge in [0, 0.05) is 38.5 Å². The number of carboxylic acids is 1. The number of Topliss-reactive ketones (excluding diaryl/α,β-unsaturated/α-hetero) is 1. The lowest BCUT2D eigenvalue weighted by Gasteiger charge is -2.50. The standard InChI is InChI=1S/C26H23Cl2N3O7S3/c1-38-21(34)9-16(32)10-30-6-4-17(5-7-30)39-11-14-12-41-25-22(24(35)31(25)23(14)26(36)37)29-20(33)13-40-19-8-15(27)2-3-18(19)28/h2-8,22,25H,9-13H2,1H3,(H-,29,33,36,37)/t22-,25-/m1/s1. The zero-order valence-electron chi connectivity index (χ0n) is 21.5. The molecule has 1 fully saturated rings. The molecule has 41 heavy (non-hydrogen) atoms.